The first-order chi connectivity index (χ1) is 5.16. The van der Waals surface area contributed by atoms with Crippen LogP contribution in [0.15, 0.2) is 0 Å². The molecular formula is C8H14N2O. The predicted molar refractivity (Wildman–Crippen MR) is 42.2 cm³/mol. The number of likely N-dealkylation sites (N-methyl/N-ethyl adjacent to an activating group) is 1. The molecule has 2 aliphatic rings. The summed E-state index contributed by atoms with van der Waals surface area (Å²) in [6, 6.07) is 0.0613. The molecule has 2 fully saturated rings. The van der Waals surface area contributed by atoms with Gasteiger partial charge in [0, 0.05) is 12.1 Å². The molecule has 11 heavy (non-hydrogen) atoms. The van der Waals surface area contributed by atoms with Gasteiger partial charge in [-0.15, -0.1) is 0 Å². The van der Waals surface area contributed by atoms with Crippen LogP contribution in [0.2, 0.25) is 0 Å². The van der Waals surface area contributed by atoms with Crippen molar-refractivity contribution in [3.63, 3.8) is 0 Å². The summed E-state index contributed by atoms with van der Waals surface area (Å²) in [5.74, 6) is 0.171. The van der Waals surface area contributed by atoms with Gasteiger partial charge in [-0.3, -0.25) is 9.69 Å². The number of piperazine rings is 1. The summed E-state index contributed by atoms with van der Waals surface area (Å²) >= 11 is 0. The van der Waals surface area contributed by atoms with Gasteiger partial charge in [0.15, 0.2) is 0 Å². The van der Waals surface area contributed by atoms with Crippen molar-refractivity contribution in [2.24, 2.45) is 0 Å². The number of hydrogen-bond donors (Lipinski definition) is 1. The van der Waals surface area contributed by atoms with Crippen LogP contribution in [-0.4, -0.2) is 36.0 Å². The second kappa shape index (κ2) is 1.97. The molecule has 1 saturated carbocycles. The maximum absolute atomic E-state index is 11.2. The first-order valence-electron chi connectivity index (χ1n) is 4.16. The molecule has 1 saturated heterocycles. The second-order valence-corrected chi connectivity index (χ2v) is 3.73. The summed E-state index contributed by atoms with van der Waals surface area (Å²) in [5, 5.41) is 2.93. The van der Waals surface area contributed by atoms with Gasteiger partial charge in [-0.25, -0.2) is 0 Å². The lowest BCUT2D eigenvalue weighted by Crippen LogP contribution is -2.59. The molecule has 2 rings (SSSR count). The van der Waals surface area contributed by atoms with Gasteiger partial charge in [-0.2, -0.15) is 0 Å². The van der Waals surface area contributed by atoms with Gasteiger partial charge in [0.2, 0.25) is 5.91 Å². The largest absolute Gasteiger partial charge is 0.353 e. The molecule has 1 amide bonds. The number of rotatable bonds is 0. The van der Waals surface area contributed by atoms with E-state index in [1.54, 1.807) is 0 Å². The van der Waals surface area contributed by atoms with Crippen molar-refractivity contribution in [3.8, 4) is 0 Å². The molecule has 1 aliphatic heterocycles. The molecule has 3 heteroatoms. The van der Waals surface area contributed by atoms with E-state index >= 15 is 0 Å². The molecule has 0 aromatic rings. The molecule has 1 unspecified atom stereocenters. The molecule has 1 spiro atoms. The third kappa shape index (κ3) is 0.872. The van der Waals surface area contributed by atoms with Crippen LogP contribution >= 0.6 is 0 Å². The first-order valence-corrected chi connectivity index (χ1v) is 4.16. The van der Waals surface area contributed by atoms with Crippen molar-refractivity contribution in [2.75, 3.05) is 13.6 Å². The van der Waals surface area contributed by atoms with E-state index in [2.05, 4.69) is 17.3 Å². The van der Waals surface area contributed by atoms with E-state index in [-0.39, 0.29) is 11.9 Å². The molecule has 1 aliphatic carbocycles. The Balaban J connectivity index is 2.15. The van der Waals surface area contributed by atoms with Crippen LogP contribution in [0.5, 0.6) is 0 Å². The van der Waals surface area contributed by atoms with Crippen LogP contribution in [0.3, 0.4) is 0 Å². The zero-order valence-electron chi connectivity index (χ0n) is 7.05. The predicted octanol–water partition coefficient (Wildman–Crippen LogP) is -0.0309. The van der Waals surface area contributed by atoms with Crippen molar-refractivity contribution in [1.82, 2.24) is 10.2 Å². The maximum atomic E-state index is 11.2. The highest BCUT2D eigenvalue weighted by Crippen LogP contribution is 2.42. The smallest absolute Gasteiger partial charge is 0.237 e. The van der Waals surface area contributed by atoms with E-state index in [1.165, 1.54) is 12.8 Å². The average Bonchev–Trinajstić information content (AvgIpc) is 2.76. The summed E-state index contributed by atoms with van der Waals surface area (Å²) in [5.41, 5.74) is 0.341. The van der Waals surface area contributed by atoms with Gasteiger partial charge in [0.25, 0.3) is 0 Å². The van der Waals surface area contributed by atoms with Gasteiger partial charge >= 0.3 is 0 Å². The van der Waals surface area contributed by atoms with Crippen LogP contribution in [0, 0.1) is 0 Å². The number of nitrogens with one attached hydrogen (secondary N) is 1. The van der Waals surface area contributed by atoms with Crippen molar-refractivity contribution < 1.29 is 4.79 Å². The van der Waals surface area contributed by atoms with Crippen molar-refractivity contribution in [1.29, 1.82) is 0 Å². The Morgan fingerprint density at radius 3 is 2.82 bits per heavy atom. The van der Waals surface area contributed by atoms with E-state index in [4.69, 9.17) is 0 Å². The highest BCUT2D eigenvalue weighted by Gasteiger charge is 2.51. The number of carbonyl (C=O) groups excluding carboxylic acids is 1. The van der Waals surface area contributed by atoms with Crippen LogP contribution < -0.4 is 5.32 Å². The van der Waals surface area contributed by atoms with Gasteiger partial charge < -0.3 is 5.32 Å². The Morgan fingerprint density at radius 1 is 1.64 bits per heavy atom. The minimum atomic E-state index is 0.0613. The maximum Gasteiger partial charge on any atom is 0.237 e. The summed E-state index contributed by atoms with van der Waals surface area (Å²) in [6.45, 7) is 2.82. The van der Waals surface area contributed by atoms with Gasteiger partial charge in [0.05, 0.1) is 6.04 Å². The third-order valence-corrected chi connectivity index (χ3v) is 3.13. The number of amides is 1. The van der Waals surface area contributed by atoms with Crippen molar-refractivity contribution >= 4 is 5.91 Å². The Bertz CT molecular complexity index is 198. The minimum absolute atomic E-state index is 0.0613. The van der Waals surface area contributed by atoms with E-state index in [0.29, 0.717) is 5.54 Å². The molecular weight excluding hydrogens is 140 g/mol. The monoisotopic (exact) mass is 154 g/mol. The fourth-order valence-electron chi connectivity index (χ4n) is 1.78. The highest BCUT2D eigenvalue weighted by atomic mass is 16.2. The Labute approximate surface area is 66.8 Å². The fourth-order valence-corrected chi connectivity index (χ4v) is 1.78. The minimum Gasteiger partial charge on any atom is -0.353 e. The molecule has 3 nitrogen and oxygen atoms in total. The number of nitrogens with zero attached hydrogens (tertiary/aromatic N) is 1. The Kier molecular flexibility index (Phi) is 1.27. The zero-order chi connectivity index (χ0) is 8.06. The highest BCUT2D eigenvalue weighted by molar-refractivity contribution is 5.82. The van der Waals surface area contributed by atoms with E-state index < -0.39 is 0 Å². The molecule has 0 bridgehead atoms. The van der Waals surface area contributed by atoms with Crippen LogP contribution in [0.4, 0.5) is 0 Å². The van der Waals surface area contributed by atoms with Crippen molar-refractivity contribution in [2.45, 2.75) is 31.3 Å². The molecule has 1 N–H and O–H groups in total. The number of hydrogen-bond acceptors (Lipinski definition) is 2. The Morgan fingerprint density at radius 2 is 2.27 bits per heavy atom. The summed E-state index contributed by atoms with van der Waals surface area (Å²) in [6.07, 6.45) is 2.49. The van der Waals surface area contributed by atoms with Crippen molar-refractivity contribution in [3.05, 3.63) is 0 Å². The molecule has 0 radical (unpaired) electrons. The lowest BCUT2D eigenvalue weighted by Gasteiger charge is -2.37. The fraction of sp³-hybridized carbons (Fsp3) is 0.875. The standard InChI is InChI=1S/C8H14N2O/c1-6-7(11)9-5-8(3-4-8)10(6)2/h6H,3-5H2,1-2H3,(H,9,11). The quantitative estimate of drug-likeness (QED) is 0.531. The molecule has 0 aromatic heterocycles. The lowest BCUT2D eigenvalue weighted by atomic mass is 10.1. The average molecular weight is 154 g/mol. The van der Waals surface area contributed by atoms with Crippen LogP contribution in [-0.2, 0) is 4.79 Å². The molecule has 1 atom stereocenters. The zero-order valence-corrected chi connectivity index (χ0v) is 7.05. The molecule has 0 aromatic carbocycles. The third-order valence-electron chi connectivity index (χ3n) is 3.13. The van der Waals surface area contributed by atoms with E-state index in [0.717, 1.165) is 6.54 Å². The SMILES string of the molecule is CC1C(=O)NCC2(CC2)N1C. The van der Waals surface area contributed by atoms with Crippen LogP contribution in [0.25, 0.3) is 0 Å². The topological polar surface area (TPSA) is 32.3 Å². The summed E-state index contributed by atoms with van der Waals surface area (Å²) in [4.78, 5) is 13.4. The Hall–Kier alpha value is -0.570. The first kappa shape index (κ1) is 7.10. The van der Waals surface area contributed by atoms with Gasteiger partial charge in [0.1, 0.15) is 0 Å². The normalized spacial score (nSPS) is 35.5. The second-order valence-electron chi connectivity index (χ2n) is 3.73. The lowest BCUT2D eigenvalue weighted by molar-refractivity contribution is -0.130. The van der Waals surface area contributed by atoms with E-state index in [9.17, 15) is 4.79 Å². The van der Waals surface area contributed by atoms with Crippen LogP contribution in [0.1, 0.15) is 19.8 Å². The van der Waals surface area contributed by atoms with Gasteiger partial charge in [-0.05, 0) is 26.8 Å². The summed E-state index contributed by atoms with van der Waals surface area (Å²) < 4.78 is 0. The van der Waals surface area contributed by atoms with Gasteiger partial charge in [-0.1, -0.05) is 0 Å². The number of carbonyl (C=O) groups is 1. The molecule has 62 valence electrons. The summed E-state index contributed by atoms with van der Waals surface area (Å²) in [7, 11) is 2.05. The van der Waals surface area contributed by atoms with E-state index in [1.807, 2.05) is 6.92 Å². The molecule has 1 heterocycles.